The van der Waals surface area contributed by atoms with Crippen LogP contribution in [-0.4, -0.2) is 24.6 Å². The van der Waals surface area contributed by atoms with E-state index in [2.05, 4.69) is 0 Å². The minimum absolute atomic E-state index is 0.0111. The monoisotopic (exact) mass is 252 g/mol. The van der Waals surface area contributed by atoms with Gasteiger partial charge in [0.2, 0.25) is 0 Å². The number of esters is 1. The molecule has 0 saturated carbocycles. The summed E-state index contributed by atoms with van der Waals surface area (Å²) in [5.74, 6) is -0.328. The average molecular weight is 252 g/mol. The molecular weight excluding hydrogens is 236 g/mol. The SMILES string of the molecule is CCOC(=O)CCC(=O)c1ccccc1SC. The number of ketones is 1. The van der Waals surface area contributed by atoms with E-state index in [9.17, 15) is 9.59 Å². The molecule has 1 aromatic rings. The molecule has 0 heterocycles. The fraction of sp³-hybridized carbons (Fsp3) is 0.385. The first-order chi connectivity index (χ1) is 8.19. The van der Waals surface area contributed by atoms with Gasteiger partial charge in [0.25, 0.3) is 0 Å². The van der Waals surface area contributed by atoms with Crippen LogP contribution in [0.3, 0.4) is 0 Å². The molecule has 3 nitrogen and oxygen atoms in total. The number of ether oxygens (including phenoxy) is 1. The minimum Gasteiger partial charge on any atom is -0.466 e. The van der Waals surface area contributed by atoms with Crippen molar-refractivity contribution in [2.45, 2.75) is 24.7 Å². The Morgan fingerprint density at radius 3 is 2.59 bits per heavy atom. The Balaban J connectivity index is 2.61. The molecule has 0 atom stereocenters. The van der Waals surface area contributed by atoms with Crippen LogP contribution in [0.4, 0.5) is 0 Å². The van der Waals surface area contributed by atoms with E-state index >= 15 is 0 Å². The van der Waals surface area contributed by atoms with Crippen molar-refractivity contribution in [1.29, 1.82) is 0 Å². The molecule has 0 aliphatic rings. The molecule has 0 bridgehead atoms. The second kappa shape index (κ2) is 7.12. The maximum atomic E-state index is 11.9. The quantitative estimate of drug-likeness (QED) is 0.443. The average Bonchev–Trinajstić information content (AvgIpc) is 2.36. The molecule has 0 N–H and O–H groups in total. The van der Waals surface area contributed by atoms with Gasteiger partial charge in [0.05, 0.1) is 13.0 Å². The zero-order valence-corrected chi connectivity index (χ0v) is 10.9. The van der Waals surface area contributed by atoms with Gasteiger partial charge in [-0.1, -0.05) is 18.2 Å². The van der Waals surface area contributed by atoms with Crippen LogP contribution in [0, 0.1) is 0 Å². The van der Waals surface area contributed by atoms with Crippen LogP contribution in [-0.2, 0) is 9.53 Å². The minimum atomic E-state index is -0.317. The fourth-order valence-corrected chi connectivity index (χ4v) is 2.07. The summed E-state index contributed by atoms with van der Waals surface area (Å²) in [4.78, 5) is 24.0. The van der Waals surface area contributed by atoms with Crippen molar-refractivity contribution in [3.63, 3.8) is 0 Å². The molecule has 0 saturated heterocycles. The second-order valence-corrected chi connectivity index (χ2v) is 4.28. The van der Waals surface area contributed by atoms with Crippen molar-refractivity contribution in [2.75, 3.05) is 12.9 Å². The van der Waals surface area contributed by atoms with Crippen LogP contribution in [0.2, 0.25) is 0 Å². The van der Waals surface area contributed by atoms with E-state index in [1.165, 1.54) is 11.8 Å². The topological polar surface area (TPSA) is 43.4 Å². The summed E-state index contributed by atoms with van der Waals surface area (Å²) in [6.45, 7) is 2.11. The summed E-state index contributed by atoms with van der Waals surface area (Å²) in [5.41, 5.74) is 0.685. The molecule has 0 spiro atoms. The molecule has 0 aliphatic heterocycles. The van der Waals surface area contributed by atoms with Crippen molar-refractivity contribution in [2.24, 2.45) is 0 Å². The maximum Gasteiger partial charge on any atom is 0.306 e. The summed E-state index contributed by atoms with van der Waals surface area (Å²) in [7, 11) is 0. The molecule has 1 rings (SSSR count). The van der Waals surface area contributed by atoms with Crippen LogP contribution < -0.4 is 0 Å². The highest BCUT2D eigenvalue weighted by Crippen LogP contribution is 2.21. The standard InChI is InChI=1S/C13H16O3S/c1-3-16-13(15)9-8-11(14)10-6-4-5-7-12(10)17-2/h4-7H,3,8-9H2,1-2H3. The molecule has 0 aromatic heterocycles. The normalized spacial score (nSPS) is 10.0. The molecule has 92 valence electrons. The van der Waals surface area contributed by atoms with E-state index in [0.717, 1.165) is 4.90 Å². The zero-order chi connectivity index (χ0) is 12.7. The Bertz CT molecular complexity index is 401. The molecule has 0 radical (unpaired) electrons. The smallest absolute Gasteiger partial charge is 0.306 e. The van der Waals surface area contributed by atoms with Gasteiger partial charge in [0, 0.05) is 16.9 Å². The number of Topliss-reactive ketones (excluding diaryl/α,β-unsaturated/α-hetero) is 1. The number of carbonyl (C=O) groups is 2. The van der Waals surface area contributed by atoms with Crippen LogP contribution in [0.5, 0.6) is 0 Å². The summed E-state index contributed by atoms with van der Waals surface area (Å²) in [5, 5.41) is 0. The summed E-state index contributed by atoms with van der Waals surface area (Å²) >= 11 is 1.53. The zero-order valence-electron chi connectivity index (χ0n) is 10.1. The van der Waals surface area contributed by atoms with E-state index in [-0.39, 0.29) is 24.6 Å². The summed E-state index contributed by atoms with van der Waals surface area (Å²) < 4.78 is 4.79. The first-order valence-corrected chi connectivity index (χ1v) is 6.73. The van der Waals surface area contributed by atoms with Gasteiger partial charge in [-0.25, -0.2) is 0 Å². The summed E-state index contributed by atoms with van der Waals surface area (Å²) in [6, 6.07) is 7.42. The van der Waals surface area contributed by atoms with Gasteiger partial charge >= 0.3 is 5.97 Å². The molecule has 17 heavy (non-hydrogen) atoms. The largest absolute Gasteiger partial charge is 0.466 e. The van der Waals surface area contributed by atoms with E-state index in [0.29, 0.717) is 12.2 Å². The number of carbonyl (C=O) groups excluding carboxylic acids is 2. The van der Waals surface area contributed by atoms with Gasteiger partial charge in [-0.05, 0) is 19.2 Å². The number of thioether (sulfide) groups is 1. The summed E-state index contributed by atoms with van der Waals surface area (Å²) in [6.07, 6.45) is 2.28. The lowest BCUT2D eigenvalue weighted by Gasteiger charge is -2.05. The predicted octanol–water partition coefficient (Wildman–Crippen LogP) is 2.93. The third-order valence-electron chi connectivity index (χ3n) is 2.27. The van der Waals surface area contributed by atoms with Crippen molar-refractivity contribution in [3.8, 4) is 0 Å². The second-order valence-electron chi connectivity index (χ2n) is 3.43. The highest BCUT2D eigenvalue weighted by atomic mass is 32.2. The number of hydrogen-bond donors (Lipinski definition) is 0. The highest BCUT2D eigenvalue weighted by molar-refractivity contribution is 7.98. The Morgan fingerprint density at radius 2 is 1.94 bits per heavy atom. The first-order valence-electron chi connectivity index (χ1n) is 5.50. The van der Waals surface area contributed by atoms with Crippen LogP contribution in [0.1, 0.15) is 30.1 Å². The van der Waals surface area contributed by atoms with E-state index in [1.807, 2.05) is 24.5 Å². The van der Waals surface area contributed by atoms with Gasteiger partial charge < -0.3 is 4.74 Å². The predicted molar refractivity (Wildman–Crippen MR) is 68.4 cm³/mol. The molecule has 0 aliphatic carbocycles. The lowest BCUT2D eigenvalue weighted by Crippen LogP contribution is -2.08. The van der Waals surface area contributed by atoms with E-state index in [4.69, 9.17) is 4.74 Å². The Hall–Kier alpha value is -1.29. The van der Waals surface area contributed by atoms with E-state index in [1.54, 1.807) is 13.0 Å². The van der Waals surface area contributed by atoms with Crippen molar-refractivity contribution < 1.29 is 14.3 Å². The van der Waals surface area contributed by atoms with Crippen molar-refractivity contribution in [3.05, 3.63) is 29.8 Å². The number of rotatable bonds is 6. The van der Waals surface area contributed by atoms with Crippen molar-refractivity contribution in [1.82, 2.24) is 0 Å². The molecule has 4 heteroatoms. The third kappa shape index (κ3) is 4.23. The fourth-order valence-electron chi connectivity index (χ4n) is 1.46. The number of benzene rings is 1. The lowest BCUT2D eigenvalue weighted by atomic mass is 10.1. The van der Waals surface area contributed by atoms with Crippen molar-refractivity contribution >= 4 is 23.5 Å². The van der Waals surface area contributed by atoms with Gasteiger partial charge in [-0.3, -0.25) is 9.59 Å². The lowest BCUT2D eigenvalue weighted by molar-refractivity contribution is -0.143. The van der Waals surface area contributed by atoms with E-state index < -0.39 is 0 Å². The van der Waals surface area contributed by atoms with Gasteiger partial charge in [-0.2, -0.15) is 0 Å². The Kier molecular flexibility index (Phi) is 5.77. The molecule has 1 aromatic carbocycles. The molecule has 0 fully saturated rings. The molecule has 0 unspecified atom stereocenters. The molecule has 0 amide bonds. The Labute approximate surface area is 106 Å². The molecular formula is C13H16O3S. The first kappa shape index (κ1) is 13.8. The van der Waals surface area contributed by atoms with Crippen LogP contribution >= 0.6 is 11.8 Å². The van der Waals surface area contributed by atoms with Gasteiger partial charge in [0.1, 0.15) is 0 Å². The van der Waals surface area contributed by atoms with Crippen LogP contribution in [0.15, 0.2) is 29.2 Å². The third-order valence-corrected chi connectivity index (χ3v) is 3.06. The highest BCUT2D eigenvalue weighted by Gasteiger charge is 2.12. The maximum absolute atomic E-state index is 11.9. The van der Waals surface area contributed by atoms with Gasteiger partial charge in [0.15, 0.2) is 5.78 Å². The Morgan fingerprint density at radius 1 is 1.24 bits per heavy atom. The van der Waals surface area contributed by atoms with Gasteiger partial charge in [-0.15, -0.1) is 11.8 Å². The van der Waals surface area contributed by atoms with Crippen LogP contribution in [0.25, 0.3) is 0 Å². The number of hydrogen-bond acceptors (Lipinski definition) is 4.